The lowest BCUT2D eigenvalue weighted by Gasteiger charge is -2.09. The zero-order chi connectivity index (χ0) is 11.3. The third kappa shape index (κ3) is 3.13. The Bertz CT molecular complexity index is 348. The molecule has 82 valence electrons. The highest BCUT2D eigenvalue weighted by molar-refractivity contribution is 7.08. The number of hydrogen-bond acceptors (Lipinski definition) is 5. The van der Waals surface area contributed by atoms with Crippen LogP contribution in [0.1, 0.15) is 31.7 Å². The average molecular weight is 227 g/mol. The molecule has 5 heteroatoms. The molecule has 0 spiro atoms. The molecular weight excluding hydrogens is 214 g/mol. The summed E-state index contributed by atoms with van der Waals surface area (Å²) in [5.41, 5.74) is 1.25. The maximum atomic E-state index is 11.2. The Morgan fingerprint density at radius 3 is 2.93 bits per heavy atom. The van der Waals surface area contributed by atoms with Crippen molar-refractivity contribution in [3.05, 3.63) is 21.2 Å². The molecule has 1 unspecified atom stereocenters. The Balaban J connectivity index is 2.64. The minimum Gasteiger partial charge on any atom is -0.466 e. The average Bonchev–Trinajstić information content (AvgIpc) is 2.65. The van der Waals surface area contributed by atoms with Gasteiger partial charge in [-0.1, -0.05) is 6.92 Å². The summed E-state index contributed by atoms with van der Waals surface area (Å²) >= 11 is 1.41. The summed E-state index contributed by atoms with van der Waals surface area (Å²) in [6, 6.07) is 0. The first-order chi connectivity index (χ1) is 7.19. The minimum atomic E-state index is -0.243. The van der Waals surface area contributed by atoms with Crippen LogP contribution in [0.15, 0.2) is 15.9 Å². The molecule has 0 amide bonds. The second-order valence-electron chi connectivity index (χ2n) is 3.21. The standard InChI is InChI=1S/C10H13NO3S/c1-3-14-10(12)4-7(2)8-5-15-6-9(8)11-13/h5-7H,3-4H2,1-2H3. The molecule has 1 heterocycles. The highest BCUT2D eigenvalue weighted by Crippen LogP contribution is 2.32. The van der Waals surface area contributed by atoms with Crippen molar-refractivity contribution in [1.82, 2.24) is 0 Å². The van der Waals surface area contributed by atoms with Crippen molar-refractivity contribution >= 4 is 23.0 Å². The number of rotatable bonds is 5. The molecule has 15 heavy (non-hydrogen) atoms. The number of esters is 1. The molecule has 0 aliphatic rings. The van der Waals surface area contributed by atoms with Crippen molar-refractivity contribution in [1.29, 1.82) is 0 Å². The van der Waals surface area contributed by atoms with Crippen LogP contribution in [0.4, 0.5) is 5.69 Å². The number of carbonyl (C=O) groups excluding carboxylic acids is 1. The van der Waals surface area contributed by atoms with Crippen LogP contribution in [0.25, 0.3) is 0 Å². The van der Waals surface area contributed by atoms with Gasteiger partial charge in [0.15, 0.2) is 0 Å². The smallest absolute Gasteiger partial charge is 0.306 e. The van der Waals surface area contributed by atoms with Crippen molar-refractivity contribution < 1.29 is 9.53 Å². The van der Waals surface area contributed by atoms with Crippen LogP contribution >= 0.6 is 11.3 Å². The summed E-state index contributed by atoms with van der Waals surface area (Å²) in [4.78, 5) is 21.7. The highest BCUT2D eigenvalue weighted by Gasteiger charge is 2.16. The Hall–Kier alpha value is -1.23. The van der Waals surface area contributed by atoms with Gasteiger partial charge in [-0.2, -0.15) is 0 Å². The first-order valence-corrected chi connectivity index (χ1v) is 5.68. The van der Waals surface area contributed by atoms with Gasteiger partial charge in [0.1, 0.15) is 5.69 Å². The SMILES string of the molecule is CCOC(=O)CC(C)c1cscc1N=O. The van der Waals surface area contributed by atoms with Crippen LogP contribution in [0.5, 0.6) is 0 Å². The van der Waals surface area contributed by atoms with E-state index in [4.69, 9.17) is 4.74 Å². The van der Waals surface area contributed by atoms with Crippen molar-refractivity contribution in [2.45, 2.75) is 26.2 Å². The van der Waals surface area contributed by atoms with Gasteiger partial charge in [-0.05, 0) is 29.0 Å². The van der Waals surface area contributed by atoms with Crippen LogP contribution in [0.3, 0.4) is 0 Å². The molecule has 0 N–H and O–H groups in total. The number of carbonyl (C=O) groups is 1. The number of nitrogens with zero attached hydrogens (tertiary/aromatic N) is 1. The molecule has 1 rings (SSSR count). The van der Waals surface area contributed by atoms with Gasteiger partial charge in [0.05, 0.1) is 13.0 Å². The Morgan fingerprint density at radius 2 is 2.33 bits per heavy atom. The van der Waals surface area contributed by atoms with E-state index in [1.807, 2.05) is 12.3 Å². The van der Waals surface area contributed by atoms with E-state index in [9.17, 15) is 9.70 Å². The van der Waals surface area contributed by atoms with E-state index >= 15 is 0 Å². The lowest BCUT2D eigenvalue weighted by Crippen LogP contribution is -2.07. The molecule has 1 aromatic rings. The van der Waals surface area contributed by atoms with Gasteiger partial charge in [0, 0.05) is 5.38 Å². The quantitative estimate of drug-likeness (QED) is 0.573. The molecule has 0 fully saturated rings. The fraction of sp³-hybridized carbons (Fsp3) is 0.500. The lowest BCUT2D eigenvalue weighted by atomic mass is 10.00. The normalized spacial score (nSPS) is 12.1. The zero-order valence-corrected chi connectivity index (χ0v) is 9.54. The fourth-order valence-electron chi connectivity index (χ4n) is 1.32. The summed E-state index contributed by atoms with van der Waals surface area (Å²) in [6.45, 7) is 4.03. The first-order valence-electron chi connectivity index (χ1n) is 4.74. The van der Waals surface area contributed by atoms with Crippen LogP contribution < -0.4 is 0 Å². The number of hydrogen-bond donors (Lipinski definition) is 0. The van der Waals surface area contributed by atoms with E-state index in [-0.39, 0.29) is 18.3 Å². The molecule has 0 aliphatic carbocycles. The molecular formula is C10H13NO3S. The van der Waals surface area contributed by atoms with Gasteiger partial charge >= 0.3 is 5.97 Å². The van der Waals surface area contributed by atoms with Gasteiger partial charge in [0.2, 0.25) is 0 Å². The Labute approximate surface area is 92.2 Å². The molecule has 0 radical (unpaired) electrons. The number of ether oxygens (including phenoxy) is 1. The molecule has 0 aliphatic heterocycles. The van der Waals surface area contributed by atoms with Crippen LogP contribution in [0.2, 0.25) is 0 Å². The van der Waals surface area contributed by atoms with Crippen molar-refractivity contribution in [3.63, 3.8) is 0 Å². The molecule has 0 saturated heterocycles. The monoisotopic (exact) mass is 227 g/mol. The van der Waals surface area contributed by atoms with Crippen LogP contribution in [0, 0.1) is 4.91 Å². The van der Waals surface area contributed by atoms with Gasteiger partial charge < -0.3 is 4.74 Å². The third-order valence-electron chi connectivity index (χ3n) is 2.08. The number of nitroso groups, excluding NO2 is 1. The highest BCUT2D eigenvalue weighted by atomic mass is 32.1. The second kappa shape index (κ2) is 5.60. The van der Waals surface area contributed by atoms with Crippen molar-refractivity contribution in [3.8, 4) is 0 Å². The molecule has 4 nitrogen and oxygen atoms in total. The fourth-order valence-corrected chi connectivity index (χ4v) is 2.20. The van der Waals surface area contributed by atoms with E-state index in [0.29, 0.717) is 12.3 Å². The molecule has 1 atom stereocenters. The predicted molar refractivity (Wildman–Crippen MR) is 59.4 cm³/mol. The molecule has 0 saturated carbocycles. The van der Waals surface area contributed by atoms with E-state index in [1.165, 1.54) is 11.3 Å². The lowest BCUT2D eigenvalue weighted by molar-refractivity contribution is -0.143. The summed E-state index contributed by atoms with van der Waals surface area (Å²) < 4.78 is 4.84. The van der Waals surface area contributed by atoms with Crippen molar-refractivity contribution in [2.75, 3.05) is 6.61 Å². The molecule has 1 aromatic heterocycles. The van der Waals surface area contributed by atoms with E-state index in [2.05, 4.69) is 5.18 Å². The topological polar surface area (TPSA) is 55.7 Å². The Kier molecular flexibility index (Phi) is 4.42. The van der Waals surface area contributed by atoms with Crippen molar-refractivity contribution in [2.24, 2.45) is 5.18 Å². The van der Waals surface area contributed by atoms with E-state index in [0.717, 1.165) is 5.56 Å². The largest absolute Gasteiger partial charge is 0.466 e. The first kappa shape index (κ1) is 11.8. The summed E-state index contributed by atoms with van der Waals surface area (Å²) in [6.07, 6.45) is 0.285. The van der Waals surface area contributed by atoms with Gasteiger partial charge in [-0.15, -0.1) is 16.2 Å². The maximum Gasteiger partial charge on any atom is 0.306 e. The van der Waals surface area contributed by atoms with Crippen LogP contribution in [-0.4, -0.2) is 12.6 Å². The molecule has 0 bridgehead atoms. The Morgan fingerprint density at radius 1 is 1.60 bits per heavy atom. The van der Waals surface area contributed by atoms with E-state index in [1.54, 1.807) is 12.3 Å². The summed E-state index contributed by atoms with van der Waals surface area (Å²) in [5, 5.41) is 6.45. The second-order valence-corrected chi connectivity index (χ2v) is 3.96. The van der Waals surface area contributed by atoms with E-state index < -0.39 is 0 Å². The summed E-state index contributed by atoms with van der Waals surface area (Å²) in [5.74, 6) is -0.268. The van der Waals surface area contributed by atoms with Gasteiger partial charge in [-0.25, -0.2) is 0 Å². The predicted octanol–water partition coefficient (Wildman–Crippen LogP) is 3.20. The van der Waals surface area contributed by atoms with Gasteiger partial charge in [-0.3, -0.25) is 4.79 Å². The molecule has 0 aromatic carbocycles. The third-order valence-corrected chi connectivity index (χ3v) is 2.83. The van der Waals surface area contributed by atoms with Crippen LogP contribution in [-0.2, 0) is 9.53 Å². The number of thiophene rings is 1. The van der Waals surface area contributed by atoms with Gasteiger partial charge in [0.25, 0.3) is 0 Å². The minimum absolute atomic E-state index is 0.0250. The zero-order valence-electron chi connectivity index (χ0n) is 8.73. The summed E-state index contributed by atoms with van der Waals surface area (Å²) in [7, 11) is 0. The maximum absolute atomic E-state index is 11.2.